The molecule has 0 spiro atoms. The summed E-state index contributed by atoms with van der Waals surface area (Å²) in [6.45, 7) is 2.02. The quantitative estimate of drug-likeness (QED) is 0.390. The van der Waals surface area contributed by atoms with Gasteiger partial charge in [-0.15, -0.1) is 0 Å². The van der Waals surface area contributed by atoms with Gasteiger partial charge in [-0.1, -0.05) is 18.2 Å². The molecule has 112 valence electrons. The van der Waals surface area contributed by atoms with Crippen molar-refractivity contribution in [3.63, 3.8) is 0 Å². The van der Waals surface area contributed by atoms with Crippen molar-refractivity contribution in [3.8, 4) is 22.8 Å². The molecule has 1 aliphatic heterocycles. The van der Waals surface area contributed by atoms with E-state index in [9.17, 15) is 0 Å². The van der Waals surface area contributed by atoms with Crippen LogP contribution in [-0.2, 0) is 7.05 Å². The summed E-state index contributed by atoms with van der Waals surface area (Å²) in [4.78, 5) is 0. The zero-order valence-corrected chi connectivity index (χ0v) is 12.7. The summed E-state index contributed by atoms with van der Waals surface area (Å²) in [6, 6.07) is 11.3. The lowest BCUT2D eigenvalue weighted by Gasteiger charge is -2.18. The van der Waals surface area contributed by atoms with Crippen molar-refractivity contribution in [3.05, 3.63) is 54.0 Å². The van der Waals surface area contributed by atoms with Crippen LogP contribution in [0.15, 0.2) is 47.1 Å². The molecule has 4 heteroatoms. The zero-order chi connectivity index (χ0) is 15.7. The molecule has 0 saturated carbocycles. The molecule has 0 aliphatic carbocycles. The Hall–Kier alpha value is -2.88. The molecule has 3 nitrogen and oxygen atoms in total. The van der Waals surface area contributed by atoms with Gasteiger partial charge in [-0.25, -0.2) is 4.39 Å². The standard InChI is InChI=1S/C19H13FNO2/c1-10-7-8-13-16-14(9-22-13)23-19-17(20)11-5-3-4-6-12(11)21(2)18(19)15(10)16/h3-9H,1-2H3/q+1. The molecule has 2 aromatic carbocycles. The van der Waals surface area contributed by atoms with Crippen LogP contribution < -0.4 is 9.30 Å². The van der Waals surface area contributed by atoms with Crippen LogP contribution in [0.4, 0.5) is 4.39 Å². The summed E-state index contributed by atoms with van der Waals surface area (Å²) in [5, 5.41) is 1.45. The fourth-order valence-corrected chi connectivity index (χ4v) is 3.52. The maximum Gasteiger partial charge on any atom is 0.260 e. The number of aromatic nitrogens is 1. The van der Waals surface area contributed by atoms with Crippen LogP contribution in [0.5, 0.6) is 11.5 Å². The number of fused-ring (bicyclic) bond motifs is 3. The molecule has 23 heavy (non-hydrogen) atoms. The first-order valence-electron chi connectivity index (χ1n) is 7.46. The van der Waals surface area contributed by atoms with Crippen molar-refractivity contribution in [1.82, 2.24) is 0 Å². The fraction of sp³-hybridized carbons (Fsp3) is 0.105. The van der Waals surface area contributed by atoms with Gasteiger partial charge in [0.2, 0.25) is 11.3 Å². The molecule has 0 fully saturated rings. The van der Waals surface area contributed by atoms with Gasteiger partial charge in [0, 0.05) is 6.07 Å². The highest BCUT2D eigenvalue weighted by Crippen LogP contribution is 2.49. The molecule has 1 aliphatic rings. The Bertz CT molecular complexity index is 1130. The molecule has 5 rings (SSSR count). The third kappa shape index (κ3) is 1.45. The summed E-state index contributed by atoms with van der Waals surface area (Å²) >= 11 is 0. The second-order valence-electron chi connectivity index (χ2n) is 5.90. The largest absolute Gasteiger partial charge is 0.460 e. The van der Waals surface area contributed by atoms with E-state index in [1.54, 1.807) is 12.3 Å². The summed E-state index contributed by atoms with van der Waals surface area (Å²) in [7, 11) is 1.94. The van der Waals surface area contributed by atoms with Crippen molar-refractivity contribution in [1.29, 1.82) is 0 Å². The Balaban J connectivity index is 2.05. The molecule has 4 aromatic rings. The number of ether oxygens (including phenoxy) is 1. The molecule has 0 amide bonds. The molecule has 0 radical (unpaired) electrons. The number of nitrogens with zero attached hydrogens (tertiary/aromatic N) is 1. The second-order valence-corrected chi connectivity index (χ2v) is 5.90. The van der Waals surface area contributed by atoms with Crippen LogP contribution in [0.25, 0.3) is 33.1 Å². The lowest BCUT2D eigenvalue weighted by molar-refractivity contribution is -0.634. The van der Waals surface area contributed by atoms with Crippen LogP contribution >= 0.6 is 0 Å². The molecular formula is C19H13FNO2+. The first-order chi connectivity index (χ1) is 11.2. The SMILES string of the molecule is Cc1ccc2occ3c2c1-c1c(c(F)c2ccccc2[n+]1C)O3. The average Bonchev–Trinajstić information content (AvgIpc) is 2.99. The third-order valence-corrected chi connectivity index (χ3v) is 4.62. The van der Waals surface area contributed by atoms with Gasteiger partial charge >= 0.3 is 0 Å². The predicted molar refractivity (Wildman–Crippen MR) is 85.1 cm³/mol. The van der Waals surface area contributed by atoms with E-state index in [1.807, 2.05) is 48.9 Å². The van der Waals surface area contributed by atoms with Crippen LogP contribution in [-0.4, -0.2) is 0 Å². The van der Waals surface area contributed by atoms with Gasteiger partial charge in [0.05, 0.1) is 16.3 Å². The smallest absolute Gasteiger partial charge is 0.260 e. The Morgan fingerprint density at radius 3 is 2.78 bits per heavy atom. The minimum atomic E-state index is -0.336. The van der Waals surface area contributed by atoms with Crippen LogP contribution in [0.1, 0.15) is 5.56 Å². The molecule has 0 atom stereocenters. The molecular weight excluding hydrogens is 293 g/mol. The van der Waals surface area contributed by atoms with Gasteiger partial charge in [-0.05, 0) is 24.6 Å². The lowest BCUT2D eigenvalue weighted by Crippen LogP contribution is -2.34. The summed E-state index contributed by atoms with van der Waals surface area (Å²) in [5.74, 6) is 0.494. The van der Waals surface area contributed by atoms with Crippen molar-refractivity contribution < 1.29 is 18.1 Å². The van der Waals surface area contributed by atoms with E-state index < -0.39 is 0 Å². The molecule has 0 bridgehead atoms. The zero-order valence-electron chi connectivity index (χ0n) is 12.7. The highest BCUT2D eigenvalue weighted by atomic mass is 19.1. The Morgan fingerprint density at radius 1 is 1.09 bits per heavy atom. The maximum absolute atomic E-state index is 15.1. The van der Waals surface area contributed by atoms with Crippen molar-refractivity contribution in [2.24, 2.45) is 7.05 Å². The van der Waals surface area contributed by atoms with Crippen LogP contribution in [0.3, 0.4) is 0 Å². The van der Waals surface area contributed by atoms with Gasteiger partial charge < -0.3 is 9.15 Å². The summed E-state index contributed by atoms with van der Waals surface area (Å²) < 4.78 is 28.5. The first-order valence-corrected chi connectivity index (χ1v) is 7.46. The van der Waals surface area contributed by atoms with E-state index in [2.05, 4.69) is 0 Å². The Morgan fingerprint density at radius 2 is 1.91 bits per heavy atom. The van der Waals surface area contributed by atoms with E-state index >= 15 is 4.39 Å². The molecule has 3 heterocycles. The van der Waals surface area contributed by atoms with E-state index in [1.165, 1.54) is 0 Å². The van der Waals surface area contributed by atoms with Gasteiger partial charge in [0.15, 0.2) is 11.6 Å². The van der Waals surface area contributed by atoms with Gasteiger partial charge in [-0.2, -0.15) is 4.57 Å². The van der Waals surface area contributed by atoms with Gasteiger partial charge in [0.25, 0.3) is 5.69 Å². The Kier molecular flexibility index (Phi) is 2.25. The minimum Gasteiger partial charge on any atom is -0.460 e. The molecule has 0 unspecified atom stereocenters. The van der Waals surface area contributed by atoms with Crippen LogP contribution in [0.2, 0.25) is 0 Å². The molecule has 2 aromatic heterocycles. The lowest BCUT2D eigenvalue weighted by atomic mass is 9.96. The van der Waals surface area contributed by atoms with Crippen molar-refractivity contribution in [2.75, 3.05) is 0 Å². The highest BCUT2D eigenvalue weighted by molar-refractivity contribution is 6.02. The number of hydrogen-bond acceptors (Lipinski definition) is 2. The number of pyridine rings is 1. The molecule has 0 saturated heterocycles. The fourth-order valence-electron chi connectivity index (χ4n) is 3.52. The van der Waals surface area contributed by atoms with Gasteiger partial charge in [-0.3, -0.25) is 0 Å². The monoisotopic (exact) mass is 306 g/mol. The summed E-state index contributed by atoms with van der Waals surface area (Å²) in [6.07, 6.45) is 1.55. The van der Waals surface area contributed by atoms with E-state index in [-0.39, 0.29) is 11.6 Å². The average molecular weight is 306 g/mol. The number of benzene rings is 2. The first kappa shape index (κ1) is 12.6. The van der Waals surface area contributed by atoms with E-state index in [4.69, 9.17) is 9.15 Å². The predicted octanol–water partition coefficient (Wildman–Crippen LogP) is 4.63. The number of rotatable bonds is 0. The number of hydrogen-bond donors (Lipinski definition) is 0. The third-order valence-electron chi connectivity index (χ3n) is 4.62. The van der Waals surface area contributed by atoms with E-state index in [0.29, 0.717) is 11.1 Å². The number of para-hydroxylation sites is 1. The van der Waals surface area contributed by atoms with Gasteiger partial charge in [0.1, 0.15) is 18.9 Å². The highest BCUT2D eigenvalue weighted by Gasteiger charge is 2.35. The summed E-state index contributed by atoms with van der Waals surface area (Å²) in [5.41, 5.74) is 4.36. The number of halogens is 1. The minimum absolute atomic E-state index is 0.260. The topological polar surface area (TPSA) is 26.2 Å². The van der Waals surface area contributed by atoms with E-state index in [0.717, 1.165) is 33.3 Å². The number of furan rings is 1. The normalized spacial score (nSPS) is 12.5. The molecule has 0 N–H and O–H groups in total. The number of aryl methyl sites for hydroxylation is 2. The van der Waals surface area contributed by atoms with Crippen LogP contribution in [0, 0.1) is 12.7 Å². The van der Waals surface area contributed by atoms with Crippen molar-refractivity contribution >= 4 is 21.9 Å². The van der Waals surface area contributed by atoms with Crippen molar-refractivity contribution in [2.45, 2.75) is 6.92 Å². The Labute approximate surface area is 131 Å². The maximum atomic E-state index is 15.1. The second kappa shape index (κ2) is 4.10.